The van der Waals surface area contributed by atoms with Gasteiger partial charge in [-0.2, -0.15) is 0 Å². The van der Waals surface area contributed by atoms with Crippen molar-refractivity contribution in [3.05, 3.63) is 22.6 Å². The molecule has 2 atom stereocenters. The van der Waals surface area contributed by atoms with E-state index in [-0.39, 0.29) is 0 Å². The van der Waals surface area contributed by atoms with Crippen LogP contribution in [0, 0.1) is 11.8 Å². The van der Waals surface area contributed by atoms with Gasteiger partial charge in [-0.1, -0.05) is 19.8 Å². The Morgan fingerprint density at radius 2 is 2.33 bits per heavy atom. The van der Waals surface area contributed by atoms with Gasteiger partial charge in [-0.3, -0.25) is 0 Å². The molecule has 1 fully saturated rings. The minimum atomic E-state index is 0.813. The Morgan fingerprint density at radius 3 is 2.93 bits per heavy atom. The van der Waals surface area contributed by atoms with Crippen LogP contribution in [0.4, 0.5) is 0 Å². The minimum absolute atomic E-state index is 0.813. The monoisotopic (exact) mass is 271 g/mol. The zero-order valence-electron chi connectivity index (χ0n) is 9.13. The van der Waals surface area contributed by atoms with E-state index >= 15 is 0 Å². The van der Waals surface area contributed by atoms with Crippen molar-refractivity contribution in [2.24, 2.45) is 11.8 Å². The molecule has 2 nitrogen and oxygen atoms in total. The normalized spacial score (nSPS) is 26.0. The van der Waals surface area contributed by atoms with Crippen LogP contribution in [0.5, 0.6) is 0 Å². The molecule has 0 spiro atoms. The van der Waals surface area contributed by atoms with Crippen molar-refractivity contribution in [2.45, 2.75) is 32.7 Å². The summed E-state index contributed by atoms with van der Waals surface area (Å²) in [5, 5.41) is 3.47. The van der Waals surface area contributed by atoms with Crippen molar-refractivity contribution in [2.75, 3.05) is 6.54 Å². The number of rotatable bonds is 4. The second-order valence-corrected chi connectivity index (χ2v) is 5.29. The summed E-state index contributed by atoms with van der Waals surface area (Å²) in [5.41, 5.74) is 0. The molecule has 0 saturated heterocycles. The number of hydrogen-bond donors (Lipinski definition) is 1. The molecular weight excluding hydrogens is 254 g/mol. The van der Waals surface area contributed by atoms with Gasteiger partial charge in [0, 0.05) is 0 Å². The highest BCUT2D eigenvalue weighted by molar-refractivity contribution is 9.10. The molecule has 3 heteroatoms. The van der Waals surface area contributed by atoms with E-state index in [4.69, 9.17) is 4.42 Å². The summed E-state index contributed by atoms with van der Waals surface area (Å²) < 4.78 is 6.24. The van der Waals surface area contributed by atoms with Crippen LogP contribution in [-0.4, -0.2) is 6.54 Å². The zero-order valence-corrected chi connectivity index (χ0v) is 10.7. The van der Waals surface area contributed by atoms with Crippen LogP contribution in [0.15, 0.2) is 21.2 Å². The van der Waals surface area contributed by atoms with Gasteiger partial charge < -0.3 is 9.73 Å². The first-order valence-corrected chi connectivity index (χ1v) is 6.50. The molecule has 0 bridgehead atoms. The Balaban J connectivity index is 1.70. The second kappa shape index (κ2) is 5.17. The fourth-order valence-corrected chi connectivity index (χ4v) is 2.69. The fraction of sp³-hybridized carbons (Fsp3) is 0.667. The van der Waals surface area contributed by atoms with Crippen molar-refractivity contribution in [3.8, 4) is 0 Å². The van der Waals surface area contributed by atoms with Gasteiger partial charge in [0.25, 0.3) is 0 Å². The van der Waals surface area contributed by atoms with E-state index in [1.807, 2.05) is 12.1 Å². The standard InChI is InChI=1S/C12H18BrNO/c1-9-3-2-4-10(9)7-14-8-11-5-6-12(13)15-11/h5-6,9-10,14H,2-4,7-8H2,1H3. The van der Waals surface area contributed by atoms with Crippen LogP contribution in [0.2, 0.25) is 0 Å². The van der Waals surface area contributed by atoms with E-state index in [2.05, 4.69) is 28.2 Å². The quantitative estimate of drug-likeness (QED) is 0.906. The first-order valence-electron chi connectivity index (χ1n) is 5.70. The third-order valence-corrected chi connectivity index (χ3v) is 3.80. The van der Waals surface area contributed by atoms with Crippen LogP contribution in [0.3, 0.4) is 0 Å². The molecule has 0 radical (unpaired) electrons. The lowest BCUT2D eigenvalue weighted by atomic mass is 9.98. The highest BCUT2D eigenvalue weighted by Crippen LogP contribution is 2.30. The maximum absolute atomic E-state index is 5.43. The summed E-state index contributed by atoms with van der Waals surface area (Å²) in [6.07, 6.45) is 4.19. The third kappa shape index (κ3) is 3.08. The van der Waals surface area contributed by atoms with E-state index < -0.39 is 0 Å². The van der Waals surface area contributed by atoms with E-state index in [1.165, 1.54) is 19.3 Å². The number of hydrogen-bond acceptors (Lipinski definition) is 2. The highest BCUT2D eigenvalue weighted by Gasteiger charge is 2.22. The van der Waals surface area contributed by atoms with Crippen molar-refractivity contribution in [3.63, 3.8) is 0 Å². The summed E-state index contributed by atoms with van der Waals surface area (Å²) in [7, 11) is 0. The lowest BCUT2D eigenvalue weighted by Crippen LogP contribution is -2.23. The zero-order chi connectivity index (χ0) is 10.7. The third-order valence-electron chi connectivity index (χ3n) is 3.37. The largest absolute Gasteiger partial charge is 0.453 e. The van der Waals surface area contributed by atoms with Gasteiger partial charge in [0.15, 0.2) is 4.67 Å². The lowest BCUT2D eigenvalue weighted by molar-refractivity contribution is 0.378. The van der Waals surface area contributed by atoms with Gasteiger partial charge in [0.1, 0.15) is 5.76 Å². The molecular formula is C12H18BrNO. The molecule has 2 unspecified atom stereocenters. The summed E-state index contributed by atoms with van der Waals surface area (Å²) in [5.74, 6) is 2.76. The molecule has 84 valence electrons. The van der Waals surface area contributed by atoms with Gasteiger partial charge in [-0.15, -0.1) is 0 Å². The Morgan fingerprint density at radius 1 is 1.47 bits per heavy atom. The Kier molecular flexibility index (Phi) is 3.87. The van der Waals surface area contributed by atoms with Gasteiger partial charge in [0.2, 0.25) is 0 Å². The second-order valence-electron chi connectivity index (χ2n) is 4.50. The first kappa shape index (κ1) is 11.2. The first-order chi connectivity index (χ1) is 7.25. The molecule has 1 N–H and O–H groups in total. The average Bonchev–Trinajstić information content (AvgIpc) is 2.77. The Bertz CT molecular complexity index is 310. The summed E-state index contributed by atoms with van der Waals surface area (Å²) >= 11 is 3.31. The van der Waals surface area contributed by atoms with Crippen LogP contribution in [-0.2, 0) is 6.54 Å². The smallest absolute Gasteiger partial charge is 0.169 e. The topological polar surface area (TPSA) is 25.2 Å². The summed E-state index contributed by atoms with van der Waals surface area (Å²) in [4.78, 5) is 0. The molecule has 1 heterocycles. The fourth-order valence-electron chi connectivity index (χ4n) is 2.35. The highest BCUT2D eigenvalue weighted by atomic mass is 79.9. The molecule has 1 aromatic rings. The van der Waals surface area contributed by atoms with E-state index in [0.717, 1.165) is 35.4 Å². The lowest BCUT2D eigenvalue weighted by Gasteiger charge is -2.15. The average molecular weight is 272 g/mol. The Labute approximate surface area is 99.6 Å². The molecule has 1 aliphatic rings. The van der Waals surface area contributed by atoms with E-state index in [0.29, 0.717) is 0 Å². The van der Waals surface area contributed by atoms with Crippen molar-refractivity contribution in [1.29, 1.82) is 0 Å². The van der Waals surface area contributed by atoms with Crippen molar-refractivity contribution >= 4 is 15.9 Å². The number of nitrogens with one attached hydrogen (secondary N) is 1. The van der Waals surface area contributed by atoms with Crippen LogP contribution >= 0.6 is 15.9 Å². The molecule has 1 aliphatic carbocycles. The molecule has 0 aromatic carbocycles. The molecule has 2 rings (SSSR count). The van der Waals surface area contributed by atoms with Gasteiger partial charge in [-0.25, -0.2) is 0 Å². The molecule has 1 saturated carbocycles. The predicted molar refractivity (Wildman–Crippen MR) is 64.6 cm³/mol. The molecule has 1 aromatic heterocycles. The van der Waals surface area contributed by atoms with Crippen molar-refractivity contribution < 1.29 is 4.42 Å². The minimum Gasteiger partial charge on any atom is -0.453 e. The van der Waals surface area contributed by atoms with E-state index in [1.54, 1.807) is 0 Å². The molecule has 0 amide bonds. The van der Waals surface area contributed by atoms with Crippen LogP contribution in [0.1, 0.15) is 31.9 Å². The van der Waals surface area contributed by atoms with Gasteiger partial charge in [-0.05, 0) is 52.9 Å². The number of furan rings is 1. The van der Waals surface area contributed by atoms with Crippen molar-refractivity contribution in [1.82, 2.24) is 5.32 Å². The SMILES string of the molecule is CC1CCCC1CNCc1ccc(Br)o1. The van der Waals surface area contributed by atoms with Gasteiger partial charge in [0.05, 0.1) is 6.54 Å². The maximum atomic E-state index is 5.43. The summed E-state index contributed by atoms with van der Waals surface area (Å²) in [6.45, 7) is 4.33. The van der Waals surface area contributed by atoms with E-state index in [9.17, 15) is 0 Å². The molecule has 0 aliphatic heterocycles. The van der Waals surface area contributed by atoms with Crippen LogP contribution < -0.4 is 5.32 Å². The Hall–Kier alpha value is -0.280. The predicted octanol–water partition coefficient (Wildman–Crippen LogP) is 3.57. The summed E-state index contributed by atoms with van der Waals surface area (Å²) in [6, 6.07) is 3.95. The number of halogens is 1. The van der Waals surface area contributed by atoms with Crippen LogP contribution in [0.25, 0.3) is 0 Å². The van der Waals surface area contributed by atoms with Gasteiger partial charge >= 0.3 is 0 Å². The maximum Gasteiger partial charge on any atom is 0.169 e. The molecule has 15 heavy (non-hydrogen) atoms.